The van der Waals surface area contributed by atoms with Gasteiger partial charge in [-0.1, -0.05) is 0 Å². The molecule has 1 aromatic rings. The van der Waals surface area contributed by atoms with E-state index in [0.29, 0.717) is 11.9 Å². The number of hydrogen-bond donors (Lipinski definition) is 1. The zero-order valence-electron chi connectivity index (χ0n) is 12.8. The summed E-state index contributed by atoms with van der Waals surface area (Å²) < 4.78 is 5.59. The second kappa shape index (κ2) is 8.34. The summed E-state index contributed by atoms with van der Waals surface area (Å²) in [6.07, 6.45) is 3.59. The van der Waals surface area contributed by atoms with Crippen LogP contribution in [0.3, 0.4) is 0 Å². The largest absolute Gasteiger partial charge is 0.381 e. The topological polar surface area (TPSA) is 63.2 Å². The summed E-state index contributed by atoms with van der Waals surface area (Å²) in [5.74, 6) is 1.96. The quantitative estimate of drug-likeness (QED) is 0.670. The molecule has 1 aliphatic rings. The van der Waals surface area contributed by atoms with E-state index in [1.807, 2.05) is 4.90 Å². The van der Waals surface area contributed by atoms with E-state index < -0.39 is 0 Å². The highest BCUT2D eigenvalue weighted by Gasteiger charge is 2.20. The van der Waals surface area contributed by atoms with Gasteiger partial charge in [-0.15, -0.1) is 0 Å². The molecule has 0 unspecified atom stereocenters. The van der Waals surface area contributed by atoms with Crippen LogP contribution in [0.4, 0.5) is 11.9 Å². The van der Waals surface area contributed by atoms with Gasteiger partial charge >= 0.3 is 0 Å². The fraction of sp³-hybridized carbons (Fsp3) is 0.786. The van der Waals surface area contributed by atoms with Crippen LogP contribution >= 0.6 is 11.6 Å². The molecule has 0 bridgehead atoms. The third-order valence-corrected chi connectivity index (χ3v) is 3.61. The Morgan fingerprint density at radius 3 is 2.67 bits per heavy atom. The number of nitrogens with one attached hydrogen (secondary N) is 1. The van der Waals surface area contributed by atoms with Crippen molar-refractivity contribution in [3.63, 3.8) is 0 Å². The maximum Gasteiger partial charge on any atom is 0.231 e. The van der Waals surface area contributed by atoms with E-state index in [2.05, 4.69) is 34.1 Å². The van der Waals surface area contributed by atoms with Gasteiger partial charge in [0.1, 0.15) is 0 Å². The molecule has 21 heavy (non-hydrogen) atoms. The number of anilines is 2. The molecule has 1 fully saturated rings. The molecule has 2 rings (SSSR count). The average molecular weight is 314 g/mol. The van der Waals surface area contributed by atoms with Crippen LogP contribution in [0.15, 0.2) is 0 Å². The lowest BCUT2D eigenvalue weighted by molar-refractivity contribution is 0.124. The van der Waals surface area contributed by atoms with Gasteiger partial charge in [-0.3, -0.25) is 0 Å². The minimum atomic E-state index is 0.222. The normalized spacial score (nSPS) is 14.2. The Morgan fingerprint density at radius 1 is 1.24 bits per heavy atom. The van der Waals surface area contributed by atoms with E-state index in [0.717, 1.165) is 45.2 Å². The van der Waals surface area contributed by atoms with Crippen LogP contribution in [0.5, 0.6) is 0 Å². The van der Waals surface area contributed by atoms with E-state index in [9.17, 15) is 0 Å². The second-order valence-electron chi connectivity index (χ2n) is 5.20. The van der Waals surface area contributed by atoms with Gasteiger partial charge in [0.05, 0.1) is 0 Å². The molecule has 1 aliphatic carbocycles. The standard InChI is InChI=1S/C14H24ClN5O/c1-3-20(4-2)14-18-12(15)17-13(19-14)16-8-5-9-21-10-11-6-7-11/h11H,3-10H2,1-2H3,(H,16,17,18,19). The maximum atomic E-state index is 5.96. The summed E-state index contributed by atoms with van der Waals surface area (Å²) in [5.41, 5.74) is 0. The smallest absolute Gasteiger partial charge is 0.231 e. The third kappa shape index (κ3) is 5.63. The Morgan fingerprint density at radius 2 is 2.00 bits per heavy atom. The monoisotopic (exact) mass is 313 g/mol. The van der Waals surface area contributed by atoms with Crippen molar-refractivity contribution >= 4 is 23.5 Å². The fourth-order valence-electron chi connectivity index (χ4n) is 1.98. The Labute approximate surface area is 131 Å². The molecule has 118 valence electrons. The zero-order chi connectivity index (χ0) is 15.1. The van der Waals surface area contributed by atoms with Crippen molar-refractivity contribution in [2.45, 2.75) is 33.1 Å². The summed E-state index contributed by atoms with van der Waals surface area (Å²) in [5, 5.41) is 3.40. The summed E-state index contributed by atoms with van der Waals surface area (Å²) >= 11 is 5.96. The zero-order valence-corrected chi connectivity index (χ0v) is 13.6. The van der Waals surface area contributed by atoms with Gasteiger partial charge in [0, 0.05) is 32.8 Å². The van der Waals surface area contributed by atoms with Crippen molar-refractivity contribution in [2.75, 3.05) is 43.1 Å². The second-order valence-corrected chi connectivity index (χ2v) is 5.54. The first kappa shape index (κ1) is 16.2. The van der Waals surface area contributed by atoms with Crippen LogP contribution in [-0.2, 0) is 4.74 Å². The predicted molar refractivity (Wildman–Crippen MR) is 85.0 cm³/mol. The molecule has 0 atom stereocenters. The van der Waals surface area contributed by atoms with Crippen LogP contribution in [0.25, 0.3) is 0 Å². The van der Waals surface area contributed by atoms with Gasteiger partial charge in [0.25, 0.3) is 0 Å². The predicted octanol–water partition coefficient (Wildman–Crippen LogP) is 2.60. The summed E-state index contributed by atoms with van der Waals surface area (Å²) in [6.45, 7) is 8.24. The van der Waals surface area contributed by atoms with Gasteiger partial charge in [-0.25, -0.2) is 0 Å². The maximum absolute atomic E-state index is 5.96. The Kier molecular flexibility index (Phi) is 6.45. The van der Waals surface area contributed by atoms with Crippen molar-refractivity contribution in [1.82, 2.24) is 15.0 Å². The molecular formula is C14H24ClN5O. The first-order valence-corrected chi connectivity index (χ1v) is 8.08. The first-order chi connectivity index (χ1) is 10.2. The van der Waals surface area contributed by atoms with Crippen LogP contribution < -0.4 is 10.2 Å². The SMILES string of the molecule is CCN(CC)c1nc(Cl)nc(NCCCOCC2CC2)n1. The van der Waals surface area contributed by atoms with Gasteiger partial charge in [0.15, 0.2) is 0 Å². The Bertz CT molecular complexity index is 437. The summed E-state index contributed by atoms with van der Waals surface area (Å²) in [4.78, 5) is 14.7. The molecule has 0 aromatic carbocycles. The molecule has 1 saturated carbocycles. The molecule has 7 heteroatoms. The van der Waals surface area contributed by atoms with Gasteiger partial charge in [-0.2, -0.15) is 15.0 Å². The molecule has 0 saturated heterocycles. The number of hydrogen-bond acceptors (Lipinski definition) is 6. The summed E-state index contributed by atoms with van der Waals surface area (Å²) in [6, 6.07) is 0. The molecule has 1 aromatic heterocycles. The van der Waals surface area contributed by atoms with E-state index in [1.165, 1.54) is 12.8 Å². The van der Waals surface area contributed by atoms with Crippen molar-refractivity contribution in [3.8, 4) is 0 Å². The Hall–Kier alpha value is -1.14. The molecule has 0 aliphatic heterocycles. The van der Waals surface area contributed by atoms with Crippen molar-refractivity contribution in [2.24, 2.45) is 5.92 Å². The van der Waals surface area contributed by atoms with Crippen LogP contribution in [0, 0.1) is 5.92 Å². The molecule has 1 N–H and O–H groups in total. The minimum absolute atomic E-state index is 0.222. The average Bonchev–Trinajstić information content (AvgIpc) is 3.28. The highest BCUT2D eigenvalue weighted by Crippen LogP contribution is 2.28. The van der Waals surface area contributed by atoms with Crippen molar-refractivity contribution in [1.29, 1.82) is 0 Å². The molecular weight excluding hydrogens is 290 g/mol. The highest BCUT2D eigenvalue weighted by molar-refractivity contribution is 6.28. The lowest BCUT2D eigenvalue weighted by Gasteiger charge is -2.18. The van der Waals surface area contributed by atoms with Gasteiger partial charge < -0.3 is 15.0 Å². The highest BCUT2D eigenvalue weighted by atomic mass is 35.5. The van der Waals surface area contributed by atoms with E-state index in [1.54, 1.807) is 0 Å². The fourth-order valence-corrected chi connectivity index (χ4v) is 2.13. The van der Waals surface area contributed by atoms with Crippen LogP contribution in [0.2, 0.25) is 5.28 Å². The summed E-state index contributed by atoms with van der Waals surface area (Å²) in [7, 11) is 0. The number of halogens is 1. The number of nitrogens with zero attached hydrogens (tertiary/aromatic N) is 4. The lowest BCUT2D eigenvalue weighted by Crippen LogP contribution is -2.25. The molecule has 6 nitrogen and oxygen atoms in total. The first-order valence-electron chi connectivity index (χ1n) is 7.71. The number of ether oxygens (including phenoxy) is 1. The molecule has 0 radical (unpaired) electrons. The molecule has 1 heterocycles. The van der Waals surface area contributed by atoms with Crippen LogP contribution in [0.1, 0.15) is 33.1 Å². The molecule has 0 spiro atoms. The lowest BCUT2D eigenvalue weighted by atomic mass is 10.4. The van der Waals surface area contributed by atoms with E-state index in [4.69, 9.17) is 16.3 Å². The van der Waals surface area contributed by atoms with E-state index in [-0.39, 0.29) is 5.28 Å². The van der Waals surface area contributed by atoms with Crippen LogP contribution in [-0.4, -0.2) is 47.8 Å². The van der Waals surface area contributed by atoms with Crippen molar-refractivity contribution < 1.29 is 4.74 Å². The Balaban J connectivity index is 1.75. The molecule has 0 amide bonds. The van der Waals surface area contributed by atoms with Gasteiger partial charge in [-0.05, 0) is 50.6 Å². The third-order valence-electron chi connectivity index (χ3n) is 3.44. The van der Waals surface area contributed by atoms with E-state index >= 15 is 0 Å². The van der Waals surface area contributed by atoms with Crippen molar-refractivity contribution in [3.05, 3.63) is 5.28 Å². The number of rotatable bonds is 10. The minimum Gasteiger partial charge on any atom is -0.381 e. The number of aromatic nitrogens is 3. The van der Waals surface area contributed by atoms with Gasteiger partial charge in [0.2, 0.25) is 17.2 Å².